The van der Waals surface area contributed by atoms with Gasteiger partial charge in [0.25, 0.3) is 0 Å². The minimum Gasteiger partial charge on any atom is -0.309 e. The molecule has 1 heterocycles. The van der Waals surface area contributed by atoms with E-state index in [2.05, 4.69) is 10.3 Å². The summed E-state index contributed by atoms with van der Waals surface area (Å²) < 4.78 is 13.0. The number of halogens is 2. The number of pyridine rings is 1. The van der Waals surface area contributed by atoms with Crippen LogP contribution in [-0.2, 0) is 13.1 Å². The molecule has 88 valence electrons. The quantitative estimate of drug-likeness (QED) is 0.902. The van der Waals surface area contributed by atoms with Crippen LogP contribution in [0.3, 0.4) is 0 Å². The summed E-state index contributed by atoms with van der Waals surface area (Å²) in [6.45, 7) is 1.24. The van der Waals surface area contributed by atoms with E-state index >= 15 is 0 Å². The maximum absolute atomic E-state index is 13.0. The Morgan fingerprint density at radius 1 is 1.12 bits per heavy atom. The van der Waals surface area contributed by atoms with Crippen molar-refractivity contribution in [1.82, 2.24) is 10.3 Å². The van der Waals surface area contributed by atoms with E-state index in [1.807, 2.05) is 12.1 Å². The van der Waals surface area contributed by atoms with Gasteiger partial charge in [0.1, 0.15) is 5.82 Å². The van der Waals surface area contributed by atoms with E-state index in [9.17, 15) is 4.39 Å². The van der Waals surface area contributed by atoms with Gasteiger partial charge in [0, 0.05) is 30.5 Å². The molecule has 0 amide bonds. The predicted molar refractivity (Wildman–Crippen MR) is 66.2 cm³/mol. The van der Waals surface area contributed by atoms with Gasteiger partial charge >= 0.3 is 0 Å². The second-order valence-corrected chi connectivity index (χ2v) is 4.10. The molecule has 0 unspecified atom stereocenters. The molecule has 2 aromatic rings. The van der Waals surface area contributed by atoms with Gasteiger partial charge in [-0.2, -0.15) is 0 Å². The third-order valence-electron chi connectivity index (χ3n) is 2.40. The minimum atomic E-state index is -0.268. The molecule has 0 bridgehead atoms. The topological polar surface area (TPSA) is 24.9 Å². The molecule has 0 saturated heterocycles. The average Bonchev–Trinajstić information content (AvgIpc) is 2.35. The molecule has 2 nitrogen and oxygen atoms in total. The third kappa shape index (κ3) is 3.51. The average molecular weight is 251 g/mol. The summed E-state index contributed by atoms with van der Waals surface area (Å²) in [7, 11) is 0. The molecule has 4 heteroatoms. The van der Waals surface area contributed by atoms with Gasteiger partial charge in [-0.1, -0.05) is 11.6 Å². The van der Waals surface area contributed by atoms with Gasteiger partial charge in [-0.15, -0.1) is 0 Å². The molecular formula is C13H12ClFN2. The van der Waals surface area contributed by atoms with Crippen molar-refractivity contribution in [1.29, 1.82) is 0 Å². The van der Waals surface area contributed by atoms with Crippen LogP contribution in [0.5, 0.6) is 0 Å². The molecule has 17 heavy (non-hydrogen) atoms. The molecule has 1 aromatic heterocycles. The van der Waals surface area contributed by atoms with E-state index in [0.29, 0.717) is 18.1 Å². The highest BCUT2D eigenvalue weighted by Crippen LogP contribution is 2.16. The predicted octanol–water partition coefficient (Wildman–Crippen LogP) is 3.16. The van der Waals surface area contributed by atoms with E-state index in [-0.39, 0.29) is 5.82 Å². The molecule has 0 atom stereocenters. The van der Waals surface area contributed by atoms with E-state index in [0.717, 1.165) is 11.1 Å². The van der Waals surface area contributed by atoms with Crippen molar-refractivity contribution < 1.29 is 4.39 Å². The zero-order valence-corrected chi connectivity index (χ0v) is 9.91. The van der Waals surface area contributed by atoms with Crippen LogP contribution in [0, 0.1) is 5.82 Å². The van der Waals surface area contributed by atoms with Gasteiger partial charge in [-0.25, -0.2) is 4.39 Å². The Balaban J connectivity index is 1.92. The number of benzene rings is 1. The highest BCUT2D eigenvalue weighted by atomic mass is 35.5. The van der Waals surface area contributed by atoms with Crippen molar-refractivity contribution in [2.24, 2.45) is 0 Å². The van der Waals surface area contributed by atoms with Crippen LogP contribution in [0.15, 0.2) is 42.7 Å². The van der Waals surface area contributed by atoms with E-state index in [4.69, 9.17) is 11.6 Å². The molecule has 0 radical (unpaired) electrons. The zero-order valence-electron chi connectivity index (χ0n) is 9.16. The van der Waals surface area contributed by atoms with Crippen molar-refractivity contribution in [3.8, 4) is 0 Å². The monoisotopic (exact) mass is 250 g/mol. The highest BCUT2D eigenvalue weighted by molar-refractivity contribution is 6.31. The summed E-state index contributed by atoms with van der Waals surface area (Å²) in [5.41, 5.74) is 1.90. The van der Waals surface area contributed by atoms with Crippen LogP contribution in [0.4, 0.5) is 4.39 Å². The van der Waals surface area contributed by atoms with Crippen LogP contribution in [-0.4, -0.2) is 4.98 Å². The molecule has 1 aromatic carbocycles. The van der Waals surface area contributed by atoms with Gasteiger partial charge in [-0.3, -0.25) is 4.98 Å². The lowest BCUT2D eigenvalue weighted by Gasteiger charge is -2.06. The van der Waals surface area contributed by atoms with Gasteiger partial charge < -0.3 is 5.32 Å². The summed E-state index contributed by atoms with van der Waals surface area (Å²) in [6, 6.07) is 8.23. The molecular weight excluding hydrogens is 239 g/mol. The molecule has 0 spiro atoms. The lowest BCUT2D eigenvalue weighted by atomic mass is 10.2. The van der Waals surface area contributed by atoms with Crippen molar-refractivity contribution in [2.45, 2.75) is 13.1 Å². The third-order valence-corrected chi connectivity index (χ3v) is 2.77. The summed E-state index contributed by atoms with van der Waals surface area (Å²) in [4.78, 5) is 3.94. The smallest absolute Gasteiger partial charge is 0.123 e. The van der Waals surface area contributed by atoms with Crippen LogP contribution < -0.4 is 5.32 Å². The molecule has 0 aliphatic carbocycles. The second-order valence-electron chi connectivity index (χ2n) is 3.69. The Morgan fingerprint density at radius 2 is 1.88 bits per heavy atom. The largest absolute Gasteiger partial charge is 0.309 e. The van der Waals surface area contributed by atoms with E-state index in [1.54, 1.807) is 18.5 Å². The van der Waals surface area contributed by atoms with Gasteiger partial charge in [-0.05, 0) is 41.5 Å². The lowest BCUT2D eigenvalue weighted by molar-refractivity contribution is 0.620. The second kappa shape index (κ2) is 5.75. The van der Waals surface area contributed by atoms with Crippen molar-refractivity contribution in [3.63, 3.8) is 0 Å². The van der Waals surface area contributed by atoms with E-state index < -0.39 is 0 Å². The van der Waals surface area contributed by atoms with E-state index in [1.165, 1.54) is 12.1 Å². The Bertz CT molecular complexity index is 488. The van der Waals surface area contributed by atoms with Crippen molar-refractivity contribution >= 4 is 11.6 Å². The Kier molecular flexibility index (Phi) is 4.07. The Hall–Kier alpha value is -1.45. The molecule has 0 aliphatic rings. The molecule has 0 fully saturated rings. The zero-order chi connectivity index (χ0) is 12.1. The van der Waals surface area contributed by atoms with Gasteiger partial charge in [0.2, 0.25) is 0 Å². The first-order chi connectivity index (χ1) is 8.25. The van der Waals surface area contributed by atoms with Crippen LogP contribution in [0.2, 0.25) is 5.02 Å². The van der Waals surface area contributed by atoms with Crippen LogP contribution >= 0.6 is 11.6 Å². The highest BCUT2D eigenvalue weighted by Gasteiger charge is 2.01. The normalized spacial score (nSPS) is 10.5. The number of nitrogens with zero attached hydrogens (tertiary/aromatic N) is 1. The summed E-state index contributed by atoms with van der Waals surface area (Å²) in [5, 5.41) is 3.78. The summed E-state index contributed by atoms with van der Waals surface area (Å²) in [5.74, 6) is -0.268. The number of aromatic nitrogens is 1. The van der Waals surface area contributed by atoms with Gasteiger partial charge in [0.05, 0.1) is 0 Å². The summed E-state index contributed by atoms with van der Waals surface area (Å²) >= 11 is 5.96. The number of nitrogens with one attached hydrogen (secondary N) is 1. The van der Waals surface area contributed by atoms with Crippen LogP contribution in [0.25, 0.3) is 0 Å². The fourth-order valence-corrected chi connectivity index (χ4v) is 1.71. The fraction of sp³-hybridized carbons (Fsp3) is 0.154. The number of hydrogen-bond donors (Lipinski definition) is 1. The first-order valence-electron chi connectivity index (χ1n) is 5.29. The van der Waals surface area contributed by atoms with Crippen molar-refractivity contribution in [3.05, 3.63) is 64.7 Å². The molecule has 0 aliphatic heterocycles. The fourth-order valence-electron chi connectivity index (χ4n) is 1.52. The molecule has 0 saturated carbocycles. The number of hydrogen-bond acceptors (Lipinski definition) is 2. The first kappa shape index (κ1) is 12.0. The van der Waals surface area contributed by atoms with Crippen LogP contribution in [0.1, 0.15) is 11.1 Å². The molecule has 1 N–H and O–H groups in total. The number of rotatable bonds is 4. The SMILES string of the molecule is Fc1ccc(Cl)c(CNCc2ccncc2)c1. The van der Waals surface area contributed by atoms with Crippen molar-refractivity contribution in [2.75, 3.05) is 0 Å². The summed E-state index contributed by atoms with van der Waals surface area (Å²) in [6.07, 6.45) is 3.48. The Labute approximate surface area is 104 Å². The molecule has 2 rings (SSSR count). The van der Waals surface area contributed by atoms with Gasteiger partial charge in [0.15, 0.2) is 0 Å². The minimum absolute atomic E-state index is 0.268. The standard InChI is InChI=1S/C13H12ClFN2/c14-13-2-1-12(15)7-11(13)9-17-8-10-3-5-16-6-4-10/h1-7,17H,8-9H2. The first-order valence-corrected chi connectivity index (χ1v) is 5.67. The lowest BCUT2D eigenvalue weighted by Crippen LogP contribution is -2.13. The maximum atomic E-state index is 13.0. The maximum Gasteiger partial charge on any atom is 0.123 e. The Morgan fingerprint density at radius 3 is 2.65 bits per heavy atom.